The average Bonchev–Trinajstić information content (AvgIpc) is 3.01. The first-order valence-electron chi connectivity index (χ1n) is 8.65. The zero-order chi connectivity index (χ0) is 21.0. The molecule has 0 saturated carbocycles. The van der Waals surface area contributed by atoms with E-state index >= 15 is 0 Å². The number of amides is 1. The molecule has 0 aliphatic carbocycles. The lowest BCUT2D eigenvalue weighted by Crippen LogP contribution is -2.13. The Morgan fingerprint density at radius 1 is 1.24 bits per heavy atom. The Hall–Kier alpha value is -2.98. The van der Waals surface area contributed by atoms with E-state index in [4.69, 9.17) is 20.9 Å². The molecule has 29 heavy (non-hydrogen) atoms. The summed E-state index contributed by atoms with van der Waals surface area (Å²) in [5, 5.41) is 3.43. The lowest BCUT2D eigenvalue weighted by atomic mass is 10.2. The van der Waals surface area contributed by atoms with Gasteiger partial charge in [0.1, 0.15) is 22.0 Å². The van der Waals surface area contributed by atoms with Crippen LogP contribution in [0.3, 0.4) is 0 Å². The number of nitrogens with zero attached hydrogens (tertiary/aromatic N) is 1. The summed E-state index contributed by atoms with van der Waals surface area (Å²) in [6, 6.07) is 8.65. The van der Waals surface area contributed by atoms with Gasteiger partial charge < -0.3 is 26.3 Å². The zero-order valence-corrected chi connectivity index (χ0v) is 17.5. The largest absolute Gasteiger partial charge is 0.497 e. The Bertz CT molecular complexity index is 1050. The fraction of sp³-hybridized carbons (Fsp3) is 0.211. The number of hydrogen-bond acceptors (Lipinski definition) is 9. The normalized spacial score (nSPS) is 10.7. The summed E-state index contributed by atoms with van der Waals surface area (Å²) < 4.78 is 10.8. The van der Waals surface area contributed by atoms with Crippen molar-refractivity contribution in [1.29, 1.82) is 0 Å². The van der Waals surface area contributed by atoms with E-state index in [9.17, 15) is 9.59 Å². The van der Waals surface area contributed by atoms with E-state index in [1.54, 1.807) is 44.4 Å². The van der Waals surface area contributed by atoms with Gasteiger partial charge in [-0.05, 0) is 37.3 Å². The number of ether oxygens (including phenoxy) is 2. The van der Waals surface area contributed by atoms with E-state index < -0.39 is 5.97 Å². The predicted molar refractivity (Wildman–Crippen MR) is 117 cm³/mol. The summed E-state index contributed by atoms with van der Waals surface area (Å²) in [4.78, 5) is 29.1. The summed E-state index contributed by atoms with van der Waals surface area (Å²) in [6.45, 7) is 1.95. The first-order chi connectivity index (χ1) is 13.9. The number of methoxy groups -OCH3 is 1. The van der Waals surface area contributed by atoms with Gasteiger partial charge in [-0.15, -0.1) is 23.1 Å². The number of nitrogens with two attached hydrogens (primary N) is 2. The molecule has 0 fully saturated rings. The summed E-state index contributed by atoms with van der Waals surface area (Å²) in [5.74, 6) is 0.258. The van der Waals surface area contributed by atoms with E-state index in [1.165, 1.54) is 23.1 Å². The average molecular weight is 433 g/mol. The predicted octanol–water partition coefficient (Wildman–Crippen LogP) is 3.38. The number of fused-ring (bicyclic) bond motifs is 1. The molecule has 1 amide bonds. The molecule has 3 rings (SSSR count). The molecule has 152 valence electrons. The molecule has 10 heteroatoms. The minimum absolute atomic E-state index is 0.0889. The molecule has 8 nitrogen and oxygen atoms in total. The maximum atomic E-state index is 12.2. The van der Waals surface area contributed by atoms with Crippen molar-refractivity contribution < 1.29 is 19.1 Å². The third kappa shape index (κ3) is 4.72. The second-order valence-corrected chi connectivity index (χ2v) is 8.11. The minimum Gasteiger partial charge on any atom is -0.497 e. The highest BCUT2D eigenvalue weighted by atomic mass is 32.2. The smallest absolute Gasteiger partial charge is 0.341 e. The first-order valence-corrected chi connectivity index (χ1v) is 10.5. The Balaban J connectivity index is 1.71. The maximum absolute atomic E-state index is 12.2. The number of carbonyl (C=O) groups excluding carboxylic acids is 2. The third-order valence-electron chi connectivity index (χ3n) is 3.92. The quantitative estimate of drug-likeness (QED) is 0.383. The van der Waals surface area contributed by atoms with E-state index in [0.29, 0.717) is 27.3 Å². The van der Waals surface area contributed by atoms with Crippen LogP contribution in [0.25, 0.3) is 10.2 Å². The Morgan fingerprint density at radius 2 is 1.97 bits per heavy atom. The lowest BCUT2D eigenvalue weighted by molar-refractivity contribution is -0.113. The highest BCUT2D eigenvalue weighted by Gasteiger charge is 2.19. The fourth-order valence-corrected chi connectivity index (χ4v) is 4.58. The number of esters is 1. The molecule has 0 radical (unpaired) electrons. The molecule has 1 aromatic carbocycles. The fourth-order valence-electron chi connectivity index (χ4n) is 2.52. The van der Waals surface area contributed by atoms with Crippen molar-refractivity contribution in [2.45, 2.75) is 11.1 Å². The highest BCUT2D eigenvalue weighted by molar-refractivity contribution is 8.02. The van der Waals surface area contributed by atoms with Crippen molar-refractivity contribution in [3.63, 3.8) is 0 Å². The van der Waals surface area contributed by atoms with Gasteiger partial charge in [0.05, 0.1) is 29.4 Å². The van der Waals surface area contributed by atoms with Gasteiger partial charge in [0.15, 0.2) is 0 Å². The molecule has 0 aliphatic heterocycles. The third-order valence-corrected chi connectivity index (χ3v) is 6.32. The molecule has 2 aromatic heterocycles. The number of thiophene rings is 1. The van der Waals surface area contributed by atoms with Crippen LogP contribution in [0.5, 0.6) is 5.75 Å². The van der Waals surface area contributed by atoms with Gasteiger partial charge in [0, 0.05) is 11.1 Å². The number of carbonyl (C=O) groups is 2. The van der Waals surface area contributed by atoms with Crippen LogP contribution >= 0.6 is 23.1 Å². The van der Waals surface area contributed by atoms with E-state index in [-0.39, 0.29) is 29.6 Å². The van der Waals surface area contributed by atoms with Gasteiger partial charge in [0.25, 0.3) is 0 Å². The van der Waals surface area contributed by atoms with Gasteiger partial charge in [-0.3, -0.25) is 4.79 Å². The van der Waals surface area contributed by atoms with Crippen LogP contribution in [-0.2, 0) is 9.53 Å². The number of pyridine rings is 1. The topological polar surface area (TPSA) is 130 Å². The molecule has 3 aromatic rings. The van der Waals surface area contributed by atoms with Crippen LogP contribution in [0, 0.1) is 0 Å². The Labute approximate surface area is 175 Å². The van der Waals surface area contributed by atoms with Gasteiger partial charge in [-0.2, -0.15) is 0 Å². The molecule has 0 aliphatic rings. The van der Waals surface area contributed by atoms with Crippen molar-refractivity contribution >= 4 is 62.4 Å². The highest BCUT2D eigenvalue weighted by Crippen LogP contribution is 2.40. The van der Waals surface area contributed by atoms with Crippen molar-refractivity contribution in [3.05, 3.63) is 35.9 Å². The number of benzene rings is 1. The van der Waals surface area contributed by atoms with Crippen molar-refractivity contribution in [1.82, 2.24) is 4.98 Å². The molecular weight excluding hydrogens is 412 g/mol. The second kappa shape index (κ2) is 9.01. The maximum Gasteiger partial charge on any atom is 0.341 e. The molecule has 0 unspecified atom stereocenters. The molecule has 5 N–H and O–H groups in total. The standard InChI is InChI=1S/C19H20N4O4S2/c1-3-27-18(25)13-8-12-15(20)19(29-17(12)23-16(13)21)28-9-14(24)22-10-4-6-11(26-2)7-5-10/h4-8H,3,9,20H2,1-2H3,(H2,21,23)(H,22,24). The molecule has 2 heterocycles. The molecule has 0 spiro atoms. The number of anilines is 3. The van der Waals surface area contributed by atoms with Crippen LogP contribution in [0.15, 0.2) is 34.5 Å². The zero-order valence-electron chi connectivity index (χ0n) is 15.9. The van der Waals surface area contributed by atoms with Crippen molar-refractivity contribution in [2.75, 3.05) is 36.3 Å². The SMILES string of the molecule is CCOC(=O)c1cc2c(N)c(SCC(=O)Nc3ccc(OC)cc3)sc2nc1N. The van der Waals surface area contributed by atoms with Gasteiger partial charge >= 0.3 is 5.97 Å². The van der Waals surface area contributed by atoms with Crippen molar-refractivity contribution in [3.8, 4) is 5.75 Å². The molecule has 0 bridgehead atoms. The van der Waals surface area contributed by atoms with E-state index in [0.717, 1.165) is 4.21 Å². The van der Waals surface area contributed by atoms with E-state index in [2.05, 4.69) is 10.3 Å². The first kappa shape index (κ1) is 20.7. The van der Waals surface area contributed by atoms with E-state index in [1.807, 2.05) is 0 Å². The van der Waals surface area contributed by atoms with Gasteiger partial charge in [-0.1, -0.05) is 0 Å². The Kier molecular flexibility index (Phi) is 6.45. The number of rotatable bonds is 7. The minimum atomic E-state index is -0.543. The molecule has 0 atom stereocenters. The molecular formula is C19H20N4O4S2. The molecule has 0 saturated heterocycles. The lowest BCUT2D eigenvalue weighted by Gasteiger charge is -2.06. The van der Waals surface area contributed by atoms with Crippen LogP contribution in [0.2, 0.25) is 0 Å². The van der Waals surface area contributed by atoms with Crippen LogP contribution in [0.4, 0.5) is 17.2 Å². The van der Waals surface area contributed by atoms with Gasteiger partial charge in [-0.25, -0.2) is 9.78 Å². The monoisotopic (exact) mass is 432 g/mol. The van der Waals surface area contributed by atoms with Crippen LogP contribution in [-0.4, -0.2) is 36.3 Å². The number of hydrogen-bond donors (Lipinski definition) is 3. The summed E-state index contributed by atoms with van der Waals surface area (Å²) in [7, 11) is 1.58. The summed E-state index contributed by atoms with van der Waals surface area (Å²) >= 11 is 2.62. The number of nitrogens with one attached hydrogen (secondary N) is 1. The number of nitrogen functional groups attached to an aromatic ring is 2. The Morgan fingerprint density at radius 3 is 2.62 bits per heavy atom. The second-order valence-electron chi connectivity index (χ2n) is 5.86. The van der Waals surface area contributed by atoms with Crippen molar-refractivity contribution in [2.24, 2.45) is 0 Å². The van der Waals surface area contributed by atoms with Crippen LogP contribution in [0.1, 0.15) is 17.3 Å². The summed E-state index contributed by atoms with van der Waals surface area (Å²) in [5.41, 5.74) is 13.4. The number of aromatic nitrogens is 1. The van der Waals surface area contributed by atoms with Crippen LogP contribution < -0.4 is 21.5 Å². The number of thioether (sulfide) groups is 1. The summed E-state index contributed by atoms with van der Waals surface area (Å²) in [6.07, 6.45) is 0. The van der Waals surface area contributed by atoms with Gasteiger partial charge in [0.2, 0.25) is 5.91 Å².